The number of ether oxygens (including phenoxy) is 2. The Morgan fingerprint density at radius 2 is 1.51 bits per heavy atom. The summed E-state index contributed by atoms with van der Waals surface area (Å²) in [5.41, 5.74) is 1.59. The number of nitrogens with zero attached hydrogens (tertiary/aromatic N) is 2. The van der Waals surface area contributed by atoms with Crippen molar-refractivity contribution in [2.45, 2.75) is 57.6 Å². The minimum Gasteiger partial charge on any atom is -0.493 e. The number of hydrogen-bond donors (Lipinski definition) is 1. The summed E-state index contributed by atoms with van der Waals surface area (Å²) in [5, 5.41) is 2.93. The van der Waals surface area contributed by atoms with Crippen molar-refractivity contribution in [1.82, 2.24) is 10.2 Å². The fraction of sp³-hybridized carbons (Fsp3) is 0.355. The number of carbonyl (C=O) groups is 2. The third-order valence-corrected chi connectivity index (χ3v) is 8.30. The van der Waals surface area contributed by atoms with Crippen molar-refractivity contribution in [3.8, 4) is 11.5 Å². The lowest BCUT2D eigenvalue weighted by Gasteiger charge is -2.33. The Hall–Kier alpha value is -4.05. The molecular formula is C31H39N3O6S. The van der Waals surface area contributed by atoms with Crippen LogP contribution < -0.4 is 19.1 Å². The molecule has 0 aliphatic carbocycles. The fourth-order valence-electron chi connectivity index (χ4n) is 4.25. The molecule has 3 aromatic carbocycles. The Labute approximate surface area is 243 Å². The van der Waals surface area contributed by atoms with Gasteiger partial charge in [-0.25, -0.2) is 8.42 Å². The average molecular weight is 582 g/mol. The normalized spacial score (nSPS) is 12.3. The van der Waals surface area contributed by atoms with Gasteiger partial charge in [0, 0.05) is 18.2 Å². The number of amides is 2. The van der Waals surface area contributed by atoms with Crippen molar-refractivity contribution < 1.29 is 27.5 Å². The second-order valence-electron chi connectivity index (χ2n) is 10.7. The van der Waals surface area contributed by atoms with Crippen molar-refractivity contribution in [2.24, 2.45) is 0 Å². The van der Waals surface area contributed by atoms with Crippen LogP contribution in [0.15, 0.2) is 77.7 Å². The van der Waals surface area contributed by atoms with E-state index in [1.54, 1.807) is 37.3 Å². The molecule has 0 aliphatic rings. The molecule has 0 bridgehead atoms. The third-order valence-electron chi connectivity index (χ3n) is 6.53. The van der Waals surface area contributed by atoms with Gasteiger partial charge in [0.15, 0.2) is 11.5 Å². The quantitative estimate of drug-likeness (QED) is 0.357. The fourth-order valence-corrected chi connectivity index (χ4v) is 5.69. The number of carbonyl (C=O) groups excluding carboxylic acids is 2. The molecule has 0 saturated carbocycles. The predicted molar refractivity (Wildman–Crippen MR) is 160 cm³/mol. The molecule has 0 spiro atoms. The van der Waals surface area contributed by atoms with E-state index in [-0.39, 0.29) is 23.1 Å². The van der Waals surface area contributed by atoms with E-state index in [2.05, 4.69) is 5.32 Å². The molecule has 0 aromatic heterocycles. The number of hydrogen-bond acceptors (Lipinski definition) is 6. The number of rotatable bonds is 11. The van der Waals surface area contributed by atoms with Gasteiger partial charge in [-0.05, 0) is 70.0 Å². The molecule has 2 amide bonds. The van der Waals surface area contributed by atoms with Crippen molar-refractivity contribution >= 4 is 27.5 Å². The van der Waals surface area contributed by atoms with Gasteiger partial charge in [0.2, 0.25) is 11.8 Å². The lowest BCUT2D eigenvalue weighted by Crippen LogP contribution is -2.54. The van der Waals surface area contributed by atoms with Gasteiger partial charge in [-0.3, -0.25) is 13.9 Å². The zero-order chi connectivity index (χ0) is 30.4. The van der Waals surface area contributed by atoms with E-state index in [9.17, 15) is 18.0 Å². The summed E-state index contributed by atoms with van der Waals surface area (Å²) >= 11 is 0. The lowest BCUT2D eigenvalue weighted by atomic mass is 10.1. The summed E-state index contributed by atoms with van der Waals surface area (Å²) in [4.78, 5) is 28.6. The van der Waals surface area contributed by atoms with Crippen LogP contribution in [0, 0.1) is 6.92 Å². The van der Waals surface area contributed by atoms with Crippen molar-refractivity contribution in [1.29, 1.82) is 0 Å². The topological polar surface area (TPSA) is 105 Å². The summed E-state index contributed by atoms with van der Waals surface area (Å²) in [6.07, 6.45) is 0. The van der Waals surface area contributed by atoms with Gasteiger partial charge in [0.1, 0.15) is 12.6 Å². The first-order chi connectivity index (χ1) is 19.3. The summed E-state index contributed by atoms with van der Waals surface area (Å²) in [7, 11) is -1.37. The molecule has 9 nitrogen and oxygen atoms in total. The van der Waals surface area contributed by atoms with Crippen molar-refractivity contribution in [3.05, 3.63) is 83.9 Å². The highest BCUT2D eigenvalue weighted by Gasteiger charge is 2.34. The molecule has 0 saturated heterocycles. The molecule has 220 valence electrons. The molecule has 0 unspecified atom stereocenters. The number of anilines is 1. The Kier molecular flexibility index (Phi) is 10.0. The molecule has 1 N–H and O–H groups in total. The molecule has 3 aromatic rings. The highest BCUT2D eigenvalue weighted by molar-refractivity contribution is 7.92. The van der Waals surface area contributed by atoms with Crippen LogP contribution in [-0.4, -0.2) is 57.5 Å². The summed E-state index contributed by atoms with van der Waals surface area (Å²) < 4.78 is 39.7. The number of para-hydroxylation sites is 1. The second kappa shape index (κ2) is 13.1. The van der Waals surface area contributed by atoms with Crippen LogP contribution in [0.2, 0.25) is 0 Å². The lowest BCUT2D eigenvalue weighted by molar-refractivity contribution is -0.140. The molecule has 0 aliphatic heterocycles. The number of sulfonamides is 1. The van der Waals surface area contributed by atoms with E-state index in [0.29, 0.717) is 11.4 Å². The van der Waals surface area contributed by atoms with Crippen LogP contribution in [0.1, 0.15) is 38.8 Å². The van der Waals surface area contributed by atoms with Crippen molar-refractivity contribution in [2.75, 3.05) is 25.1 Å². The first kappa shape index (κ1) is 31.5. The zero-order valence-electron chi connectivity index (χ0n) is 24.7. The van der Waals surface area contributed by atoms with Crippen molar-refractivity contribution in [3.63, 3.8) is 0 Å². The molecule has 1 atom stereocenters. The van der Waals surface area contributed by atoms with Gasteiger partial charge in [-0.1, -0.05) is 42.5 Å². The van der Waals surface area contributed by atoms with Crippen LogP contribution in [0.5, 0.6) is 11.5 Å². The summed E-state index contributed by atoms with van der Waals surface area (Å²) in [6, 6.07) is 19.4. The van der Waals surface area contributed by atoms with Crippen LogP contribution >= 0.6 is 0 Å². The minimum atomic E-state index is -4.25. The van der Waals surface area contributed by atoms with Crippen LogP contribution in [0.25, 0.3) is 0 Å². The van der Waals surface area contributed by atoms with Crippen LogP contribution in [0.4, 0.5) is 5.69 Å². The smallest absolute Gasteiger partial charge is 0.264 e. The van der Waals surface area contributed by atoms with Gasteiger partial charge in [0.05, 0.1) is 24.8 Å². The molecule has 41 heavy (non-hydrogen) atoms. The Balaban J connectivity index is 2.06. The van der Waals surface area contributed by atoms with E-state index in [0.717, 1.165) is 15.4 Å². The maximum absolute atomic E-state index is 14.1. The second-order valence-corrected chi connectivity index (χ2v) is 12.6. The highest BCUT2D eigenvalue weighted by atomic mass is 32.2. The van der Waals surface area contributed by atoms with Gasteiger partial charge >= 0.3 is 0 Å². The highest BCUT2D eigenvalue weighted by Crippen LogP contribution is 2.32. The summed E-state index contributed by atoms with van der Waals surface area (Å²) in [6.45, 7) is 8.75. The Morgan fingerprint density at radius 3 is 2.10 bits per heavy atom. The first-order valence-electron chi connectivity index (χ1n) is 13.2. The third kappa shape index (κ3) is 7.79. The standard InChI is InChI=1S/C31H39N3O6S/c1-22-13-11-12-14-24(22)20-33(23(2)30(36)32-31(3,4)5)29(35)21-34(25-15-9-8-10-16-25)41(37,38)26-17-18-27(39-6)28(19-26)40-7/h8-19,23H,20-21H2,1-7H3,(H,32,36)/t23-/m1/s1. The van der Waals surface area contributed by atoms with Crippen LogP contribution in [0.3, 0.4) is 0 Å². The van der Waals surface area contributed by atoms with Gasteiger partial charge in [-0.2, -0.15) is 0 Å². The van der Waals surface area contributed by atoms with Crippen LogP contribution in [-0.2, 0) is 26.2 Å². The van der Waals surface area contributed by atoms with E-state index in [1.807, 2.05) is 52.0 Å². The van der Waals surface area contributed by atoms with E-state index in [4.69, 9.17) is 9.47 Å². The predicted octanol–water partition coefficient (Wildman–Crippen LogP) is 4.54. The van der Waals surface area contributed by atoms with Gasteiger partial charge in [-0.15, -0.1) is 0 Å². The first-order valence-corrected chi connectivity index (χ1v) is 14.7. The van der Waals surface area contributed by atoms with Gasteiger partial charge < -0.3 is 19.7 Å². The van der Waals surface area contributed by atoms with Gasteiger partial charge in [0.25, 0.3) is 10.0 Å². The zero-order valence-corrected chi connectivity index (χ0v) is 25.5. The molecular weight excluding hydrogens is 542 g/mol. The van der Waals surface area contributed by atoms with E-state index >= 15 is 0 Å². The molecule has 10 heteroatoms. The maximum Gasteiger partial charge on any atom is 0.264 e. The number of methoxy groups -OCH3 is 2. The molecule has 0 radical (unpaired) electrons. The number of aryl methyl sites for hydroxylation is 1. The molecule has 0 heterocycles. The number of nitrogens with one attached hydrogen (secondary N) is 1. The van der Waals surface area contributed by atoms with E-state index in [1.165, 1.54) is 37.3 Å². The SMILES string of the molecule is COc1ccc(S(=O)(=O)N(CC(=O)N(Cc2ccccc2C)[C@H](C)C(=O)NC(C)(C)C)c2ccccc2)cc1OC. The monoisotopic (exact) mass is 581 g/mol. The maximum atomic E-state index is 14.1. The minimum absolute atomic E-state index is 0.0734. The molecule has 3 rings (SSSR count). The largest absolute Gasteiger partial charge is 0.493 e. The molecule has 0 fully saturated rings. The summed E-state index contributed by atoms with van der Waals surface area (Å²) in [5.74, 6) is -0.260. The van der Waals surface area contributed by atoms with E-state index < -0.39 is 34.1 Å². The average Bonchev–Trinajstić information content (AvgIpc) is 2.94. The Morgan fingerprint density at radius 1 is 0.902 bits per heavy atom. The number of benzene rings is 3. The Bertz CT molecular complexity index is 1470.